The Morgan fingerprint density at radius 3 is 2.39 bits per heavy atom. The SMILES string of the molecule is COc1ccc(OC)c2c1sc(=NC(=O)c1ccc(S(=O)(=O)N3CCCc4ccccc43)cc1)n2C. The number of hydrogen-bond donors (Lipinski definition) is 0. The van der Waals surface area contributed by atoms with E-state index < -0.39 is 15.9 Å². The predicted octanol–water partition coefficient (Wildman–Crippen LogP) is 4.14. The Bertz CT molecular complexity index is 1640. The van der Waals surface area contributed by atoms with Gasteiger partial charge in [-0.05, 0) is 60.9 Å². The van der Waals surface area contributed by atoms with E-state index in [-0.39, 0.29) is 4.90 Å². The van der Waals surface area contributed by atoms with Crippen molar-refractivity contribution in [3.8, 4) is 11.5 Å². The Hall–Kier alpha value is -3.63. The van der Waals surface area contributed by atoms with E-state index in [9.17, 15) is 13.2 Å². The van der Waals surface area contributed by atoms with Crippen LogP contribution in [0.25, 0.3) is 10.2 Å². The largest absolute Gasteiger partial charge is 0.495 e. The molecule has 186 valence electrons. The van der Waals surface area contributed by atoms with Crippen LogP contribution in [-0.2, 0) is 23.5 Å². The highest BCUT2D eigenvalue weighted by Crippen LogP contribution is 2.35. The Kier molecular flexibility index (Phi) is 6.31. The van der Waals surface area contributed by atoms with Gasteiger partial charge in [-0.25, -0.2) is 8.42 Å². The molecule has 0 aliphatic carbocycles. The molecule has 3 aromatic carbocycles. The minimum atomic E-state index is -3.75. The molecule has 0 saturated heterocycles. The fourth-order valence-electron chi connectivity index (χ4n) is 4.43. The monoisotopic (exact) mass is 523 g/mol. The van der Waals surface area contributed by atoms with Gasteiger partial charge in [0.05, 0.1) is 24.8 Å². The van der Waals surface area contributed by atoms with E-state index in [0.717, 1.165) is 28.6 Å². The Labute approximate surface area is 213 Å². The topological polar surface area (TPSA) is 90.2 Å². The second-order valence-corrected chi connectivity index (χ2v) is 11.2. The number of carbonyl (C=O) groups excluding carboxylic acids is 1. The summed E-state index contributed by atoms with van der Waals surface area (Å²) in [4.78, 5) is 17.9. The van der Waals surface area contributed by atoms with Crippen molar-refractivity contribution in [2.24, 2.45) is 12.0 Å². The first-order valence-corrected chi connectivity index (χ1v) is 13.6. The van der Waals surface area contributed by atoms with Gasteiger partial charge >= 0.3 is 0 Å². The van der Waals surface area contributed by atoms with E-state index in [1.165, 1.54) is 39.9 Å². The number of nitrogens with zero attached hydrogens (tertiary/aromatic N) is 3. The molecule has 0 radical (unpaired) electrons. The second kappa shape index (κ2) is 9.44. The van der Waals surface area contributed by atoms with Crippen LogP contribution in [0.2, 0.25) is 0 Å². The van der Waals surface area contributed by atoms with Crippen LogP contribution in [0.3, 0.4) is 0 Å². The van der Waals surface area contributed by atoms with Crippen LogP contribution in [0.1, 0.15) is 22.3 Å². The molecule has 0 spiro atoms. The van der Waals surface area contributed by atoms with Crippen LogP contribution < -0.4 is 18.6 Å². The third kappa shape index (κ3) is 4.06. The van der Waals surface area contributed by atoms with E-state index in [1.54, 1.807) is 31.9 Å². The summed E-state index contributed by atoms with van der Waals surface area (Å²) in [5.74, 6) is 0.837. The normalized spacial score (nSPS) is 14.1. The molecule has 10 heteroatoms. The standard InChI is InChI=1S/C26H25N3O5S2/c1-28-23-21(33-2)14-15-22(34-3)24(23)35-26(28)27-25(30)18-10-12-19(13-11-18)36(31,32)29-16-6-8-17-7-4-5-9-20(17)29/h4-5,7,9-15H,6,8,16H2,1-3H3. The molecule has 8 nitrogen and oxygen atoms in total. The lowest BCUT2D eigenvalue weighted by Crippen LogP contribution is -2.35. The average molecular weight is 524 g/mol. The Morgan fingerprint density at radius 2 is 1.67 bits per heavy atom. The summed E-state index contributed by atoms with van der Waals surface area (Å²) in [5.41, 5.74) is 2.80. The number of methoxy groups -OCH3 is 2. The van der Waals surface area contributed by atoms with Crippen molar-refractivity contribution in [3.05, 3.63) is 76.6 Å². The summed E-state index contributed by atoms with van der Waals surface area (Å²) in [5, 5.41) is 0. The number of hydrogen-bond acceptors (Lipinski definition) is 6. The lowest BCUT2D eigenvalue weighted by Gasteiger charge is -2.30. The first kappa shape index (κ1) is 24.1. The Morgan fingerprint density at radius 1 is 0.972 bits per heavy atom. The van der Waals surface area contributed by atoms with Gasteiger partial charge in [-0.15, -0.1) is 0 Å². The molecule has 0 bridgehead atoms. The average Bonchev–Trinajstić information content (AvgIpc) is 3.23. The molecule has 0 atom stereocenters. The fraction of sp³-hybridized carbons (Fsp3) is 0.231. The molecule has 2 heterocycles. The number of benzene rings is 3. The first-order valence-electron chi connectivity index (χ1n) is 11.4. The first-order chi connectivity index (χ1) is 17.3. The van der Waals surface area contributed by atoms with Crippen molar-refractivity contribution >= 4 is 43.2 Å². The fourth-order valence-corrected chi connectivity index (χ4v) is 7.09. The molecule has 0 unspecified atom stereocenters. The number of carbonyl (C=O) groups is 1. The quantitative estimate of drug-likeness (QED) is 0.392. The number of amides is 1. The smallest absolute Gasteiger partial charge is 0.279 e. The maximum Gasteiger partial charge on any atom is 0.279 e. The van der Waals surface area contributed by atoms with E-state index in [2.05, 4.69) is 4.99 Å². The van der Waals surface area contributed by atoms with Crippen molar-refractivity contribution in [2.45, 2.75) is 17.7 Å². The number of aromatic nitrogens is 1. The van der Waals surface area contributed by atoms with Crippen LogP contribution in [0, 0.1) is 0 Å². The molecule has 0 N–H and O–H groups in total. The van der Waals surface area contributed by atoms with Crippen molar-refractivity contribution in [1.82, 2.24) is 4.57 Å². The summed E-state index contributed by atoms with van der Waals surface area (Å²) >= 11 is 1.32. The number of rotatable bonds is 5. The van der Waals surface area contributed by atoms with Gasteiger partial charge in [0.15, 0.2) is 4.80 Å². The summed E-state index contributed by atoms with van der Waals surface area (Å²) in [6.45, 7) is 0.421. The van der Waals surface area contributed by atoms with E-state index in [0.29, 0.717) is 34.1 Å². The van der Waals surface area contributed by atoms with E-state index in [4.69, 9.17) is 9.47 Å². The van der Waals surface area contributed by atoms with Gasteiger partial charge in [0.25, 0.3) is 15.9 Å². The van der Waals surface area contributed by atoms with Crippen molar-refractivity contribution < 1.29 is 22.7 Å². The van der Waals surface area contributed by atoms with E-state index >= 15 is 0 Å². The molecule has 1 aromatic heterocycles. The van der Waals surface area contributed by atoms with Crippen LogP contribution >= 0.6 is 11.3 Å². The summed E-state index contributed by atoms with van der Waals surface area (Å²) in [6.07, 6.45) is 1.61. The van der Waals surface area contributed by atoms with Gasteiger partial charge in [-0.1, -0.05) is 29.5 Å². The zero-order valence-electron chi connectivity index (χ0n) is 20.1. The van der Waals surface area contributed by atoms with Crippen LogP contribution in [0.15, 0.2) is 70.6 Å². The lowest BCUT2D eigenvalue weighted by atomic mass is 10.0. The Balaban J connectivity index is 1.48. The summed E-state index contributed by atoms with van der Waals surface area (Å²) < 4.78 is 41.7. The highest BCUT2D eigenvalue weighted by molar-refractivity contribution is 7.92. The summed E-state index contributed by atoms with van der Waals surface area (Å²) in [6, 6.07) is 17.1. The summed E-state index contributed by atoms with van der Waals surface area (Å²) in [7, 11) is 1.22. The minimum absolute atomic E-state index is 0.137. The van der Waals surface area contributed by atoms with Gasteiger partial charge in [-0.2, -0.15) is 4.99 Å². The lowest BCUT2D eigenvalue weighted by molar-refractivity contribution is 0.0998. The molecule has 0 saturated carbocycles. The van der Waals surface area contributed by atoms with Gasteiger partial charge < -0.3 is 14.0 Å². The van der Waals surface area contributed by atoms with Crippen LogP contribution in [0.5, 0.6) is 11.5 Å². The van der Waals surface area contributed by atoms with Gasteiger partial charge in [0, 0.05) is 19.2 Å². The van der Waals surface area contributed by atoms with E-state index in [1.807, 2.05) is 30.3 Å². The van der Waals surface area contributed by atoms with Gasteiger partial charge in [-0.3, -0.25) is 9.10 Å². The maximum absolute atomic E-state index is 13.4. The highest BCUT2D eigenvalue weighted by atomic mass is 32.2. The number of thiazole rings is 1. The molecule has 4 aromatic rings. The minimum Gasteiger partial charge on any atom is -0.495 e. The van der Waals surface area contributed by atoms with Gasteiger partial charge in [0.1, 0.15) is 21.7 Å². The van der Waals surface area contributed by atoms with Crippen molar-refractivity contribution in [2.75, 3.05) is 25.1 Å². The molecular formula is C26H25N3O5S2. The molecule has 1 aliphatic heterocycles. The number of aryl methyl sites for hydroxylation is 2. The van der Waals surface area contributed by atoms with Crippen LogP contribution in [-0.4, -0.2) is 39.7 Å². The van der Waals surface area contributed by atoms with Crippen LogP contribution in [0.4, 0.5) is 5.69 Å². The molecular weight excluding hydrogens is 498 g/mol. The number of fused-ring (bicyclic) bond motifs is 2. The molecule has 1 amide bonds. The second-order valence-electron chi connectivity index (χ2n) is 8.34. The number of sulfonamides is 1. The highest BCUT2D eigenvalue weighted by Gasteiger charge is 2.29. The zero-order valence-corrected chi connectivity index (χ0v) is 21.7. The third-order valence-corrected chi connectivity index (χ3v) is 9.24. The van der Waals surface area contributed by atoms with Gasteiger partial charge in [0.2, 0.25) is 0 Å². The third-order valence-electron chi connectivity index (χ3n) is 6.27. The predicted molar refractivity (Wildman–Crippen MR) is 140 cm³/mol. The maximum atomic E-state index is 13.4. The molecule has 1 aliphatic rings. The van der Waals surface area contributed by atoms with Crippen molar-refractivity contribution in [1.29, 1.82) is 0 Å². The number of anilines is 1. The van der Waals surface area contributed by atoms with Crippen molar-refractivity contribution in [3.63, 3.8) is 0 Å². The number of ether oxygens (including phenoxy) is 2. The zero-order chi connectivity index (χ0) is 25.4. The molecule has 0 fully saturated rings. The number of para-hydroxylation sites is 1. The molecule has 5 rings (SSSR count). The molecule has 36 heavy (non-hydrogen) atoms.